The van der Waals surface area contributed by atoms with Gasteiger partial charge in [-0.05, 0) is 26.0 Å². The predicted molar refractivity (Wildman–Crippen MR) is 48.7 cm³/mol. The van der Waals surface area contributed by atoms with Gasteiger partial charge in [0.2, 0.25) is 0 Å². The molecule has 3 nitrogen and oxygen atoms in total. The monoisotopic (exact) mass is 165 g/mol. The molecule has 0 saturated carbocycles. The third-order valence-corrected chi connectivity index (χ3v) is 1.67. The van der Waals surface area contributed by atoms with Crippen molar-refractivity contribution in [2.75, 3.05) is 6.54 Å². The van der Waals surface area contributed by atoms with Crippen LogP contribution in [0.25, 0.3) is 0 Å². The van der Waals surface area contributed by atoms with Gasteiger partial charge in [-0.2, -0.15) is 0 Å². The average molecular weight is 165 g/mol. The number of rotatable bonds is 4. The van der Waals surface area contributed by atoms with Crippen LogP contribution in [0.4, 0.5) is 0 Å². The van der Waals surface area contributed by atoms with Crippen LogP contribution in [0, 0.1) is 0 Å². The molecule has 0 saturated heterocycles. The second-order valence-electron chi connectivity index (χ2n) is 2.78. The highest BCUT2D eigenvalue weighted by atomic mass is 15.0. The van der Waals surface area contributed by atoms with Crippen molar-refractivity contribution in [2.45, 2.75) is 26.3 Å². The summed E-state index contributed by atoms with van der Waals surface area (Å²) in [6.07, 6.45) is 4.68. The van der Waals surface area contributed by atoms with Crippen LogP contribution in [0.1, 0.15) is 32.1 Å². The Morgan fingerprint density at radius 1 is 1.42 bits per heavy atom. The van der Waals surface area contributed by atoms with Crippen molar-refractivity contribution in [1.82, 2.24) is 15.3 Å². The summed E-state index contributed by atoms with van der Waals surface area (Å²) >= 11 is 0. The molecule has 0 aliphatic carbocycles. The fourth-order valence-electron chi connectivity index (χ4n) is 0.986. The molecule has 0 amide bonds. The third kappa shape index (κ3) is 2.58. The van der Waals surface area contributed by atoms with Gasteiger partial charge in [-0.25, -0.2) is 9.97 Å². The first-order valence-corrected chi connectivity index (χ1v) is 4.35. The summed E-state index contributed by atoms with van der Waals surface area (Å²) in [5.41, 5.74) is 0. The second kappa shape index (κ2) is 4.83. The van der Waals surface area contributed by atoms with E-state index >= 15 is 0 Å². The molecule has 1 unspecified atom stereocenters. The molecule has 1 aromatic rings. The molecular weight excluding hydrogens is 150 g/mol. The summed E-state index contributed by atoms with van der Waals surface area (Å²) in [5, 5.41) is 3.32. The molecule has 1 heterocycles. The van der Waals surface area contributed by atoms with E-state index in [1.165, 1.54) is 0 Å². The van der Waals surface area contributed by atoms with E-state index in [1.54, 1.807) is 12.4 Å². The van der Waals surface area contributed by atoms with Gasteiger partial charge in [0.15, 0.2) is 0 Å². The molecule has 1 aromatic heterocycles. The number of aromatic nitrogens is 2. The summed E-state index contributed by atoms with van der Waals surface area (Å²) in [6.45, 7) is 5.23. The zero-order valence-electron chi connectivity index (χ0n) is 7.62. The highest BCUT2D eigenvalue weighted by molar-refractivity contribution is 4.93. The van der Waals surface area contributed by atoms with Crippen LogP contribution in [0.15, 0.2) is 18.5 Å². The summed E-state index contributed by atoms with van der Waals surface area (Å²) in [4.78, 5) is 8.32. The molecule has 12 heavy (non-hydrogen) atoms. The van der Waals surface area contributed by atoms with Crippen molar-refractivity contribution in [1.29, 1.82) is 0 Å². The van der Waals surface area contributed by atoms with Gasteiger partial charge in [-0.3, -0.25) is 0 Å². The lowest BCUT2D eigenvalue weighted by atomic mass is 10.3. The summed E-state index contributed by atoms with van der Waals surface area (Å²) < 4.78 is 0. The Balaban J connectivity index is 2.48. The molecule has 3 heteroatoms. The minimum absolute atomic E-state index is 0.256. The van der Waals surface area contributed by atoms with Crippen LogP contribution in [0.5, 0.6) is 0 Å². The molecular formula is C9H15N3. The van der Waals surface area contributed by atoms with Crippen molar-refractivity contribution in [2.24, 2.45) is 0 Å². The third-order valence-electron chi connectivity index (χ3n) is 1.67. The van der Waals surface area contributed by atoms with Gasteiger partial charge in [0, 0.05) is 12.4 Å². The Bertz CT molecular complexity index is 210. The van der Waals surface area contributed by atoms with E-state index in [-0.39, 0.29) is 6.04 Å². The first-order valence-electron chi connectivity index (χ1n) is 4.35. The van der Waals surface area contributed by atoms with E-state index < -0.39 is 0 Å². The van der Waals surface area contributed by atoms with Gasteiger partial charge >= 0.3 is 0 Å². The Labute approximate surface area is 73.2 Å². The van der Waals surface area contributed by atoms with Gasteiger partial charge in [0.25, 0.3) is 0 Å². The van der Waals surface area contributed by atoms with Crippen LogP contribution in [0.2, 0.25) is 0 Å². The molecule has 0 aliphatic heterocycles. The maximum atomic E-state index is 4.16. The van der Waals surface area contributed by atoms with Gasteiger partial charge in [-0.1, -0.05) is 6.92 Å². The lowest BCUT2D eigenvalue weighted by Crippen LogP contribution is -2.21. The minimum Gasteiger partial charge on any atom is -0.308 e. The SMILES string of the molecule is CCCNC(C)c1ncccn1. The summed E-state index contributed by atoms with van der Waals surface area (Å²) in [6, 6.07) is 2.09. The molecule has 1 atom stereocenters. The Kier molecular flexibility index (Phi) is 3.67. The number of nitrogens with one attached hydrogen (secondary N) is 1. The number of hydrogen-bond donors (Lipinski definition) is 1. The fraction of sp³-hybridized carbons (Fsp3) is 0.556. The number of nitrogens with zero attached hydrogens (tertiary/aromatic N) is 2. The molecule has 0 aromatic carbocycles. The van der Waals surface area contributed by atoms with Crippen LogP contribution in [0.3, 0.4) is 0 Å². The van der Waals surface area contributed by atoms with Gasteiger partial charge < -0.3 is 5.32 Å². The van der Waals surface area contributed by atoms with E-state index in [1.807, 2.05) is 6.07 Å². The molecule has 1 rings (SSSR count). The van der Waals surface area contributed by atoms with Crippen molar-refractivity contribution in [3.05, 3.63) is 24.3 Å². The highest BCUT2D eigenvalue weighted by Gasteiger charge is 2.04. The van der Waals surface area contributed by atoms with E-state index in [9.17, 15) is 0 Å². The topological polar surface area (TPSA) is 37.8 Å². The lowest BCUT2D eigenvalue weighted by molar-refractivity contribution is 0.544. The Morgan fingerprint density at radius 2 is 2.08 bits per heavy atom. The van der Waals surface area contributed by atoms with Crippen molar-refractivity contribution >= 4 is 0 Å². The van der Waals surface area contributed by atoms with Crippen molar-refractivity contribution in [3.63, 3.8) is 0 Å². The second-order valence-corrected chi connectivity index (χ2v) is 2.78. The van der Waals surface area contributed by atoms with Crippen LogP contribution in [-0.2, 0) is 0 Å². The van der Waals surface area contributed by atoms with Gasteiger partial charge in [-0.15, -0.1) is 0 Å². The minimum atomic E-state index is 0.256. The predicted octanol–water partition coefficient (Wildman–Crippen LogP) is 1.54. The summed E-state index contributed by atoms with van der Waals surface area (Å²) in [5.74, 6) is 0.867. The zero-order chi connectivity index (χ0) is 8.81. The maximum Gasteiger partial charge on any atom is 0.144 e. The Hall–Kier alpha value is -0.960. The highest BCUT2D eigenvalue weighted by Crippen LogP contribution is 2.03. The molecule has 0 radical (unpaired) electrons. The van der Waals surface area contributed by atoms with Gasteiger partial charge in [0.05, 0.1) is 6.04 Å². The van der Waals surface area contributed by atoms with Crippen LogP contribution in [-0.4, -0.2) is 16.5 Å². The van der Waals surface area contributed by atoms with Crippen LogP contribution >= 0.6 is 0 Å². The lowest BCUT2D eigenvalue weighted by Gasteiger charge is -2.10. The van der Waals surface area contributed by atoms with E-state index in [0.717, 1.165) is 18.8 Å². The Morgan fingerprint density at radius 3 is 2.67 bits per heavy atom. The maximum absolute atomic E-state index is 4.16. The quantitative estimate of drug-likeness (QED) is 0.735. The number of hydrogen-bond acceptors (Lipinski definition) is 3. The van der Waals surface area contributed by atoms with Crippen molar-refractivity contribution in [3.8, 4) is 0 Å². The van der Waals surface area contributed by atoms with Crippen LogP contribution < -0.4 is 5.32 Å². The molecule has 1 N–H and O–H groups in total. The smallest absolute Gasteiger partial charge is 0.144 e. The molecule has 66 valence electrons. The first kappa shape index (κ1) is 9.13. The molecule has 0 fully saturated rings. The van der Waals surface area contributed by atoms with Gasteiger partial charge in [0.1, 0.15) is 5.82 Å². The standard InChI is InChI=1S/C9H15N3/c1-3-5-10-8(2)9-11-6-4-7-12-9/h4,6-8,10H,3,5H2,1-2H3. The largest absolute Gasteiger partial charge is 0.308 e. The molecule has 0 bridgehead atoms. The summed E-state index contributed by atoms with van der Waals surface area (Å²) in [7, 11) is 0. The normalized spacial score (nSPS) is 12.8. The zero-order valence-corrected chi connectivity index (χ0v) is 7.62. The van der Waals surface area contributed by atoms with Crippen molar-refractivity contribution < 1.29 is 0 Å². The van der Waals surface area contributed by atoms with E-state index in [4.69, 9.17) is 0 Å². The fourth-order valence-corrected chi connectivity index (χ4v) is 0.986. The van der Waals surface area contributed by atoms with E-state index in [0.29, 0.717) is 0 Å². The average Bonchev–Trinajstić information content (AvgIpc) is 2.15. The first-order chi connectivity index (χ1) is 5.84. The molecule has 0 spiro atoms. The molecule has 0 aliphatic rings. The van der Waals surface area contributed by atoms with E-state index in [2.05, 4.69) is 29.1 Å².